The molecule has 178 valence electrons. The minimum atomic E-state index is -3.64. The van der Waals surface area contributed by atoms with Crippen molar-refractivity contribution in [2.75, 3.05) is 46.3 Å². The molecule has 4 rings (SSSR count). The molecule has 2 saturated heterocycles. The molecule has 2 N–H and O–H groups in total. The van der Waals surface area contributed by atoms with Gasteiger partial charge in [-0.2, -0.15) is 4.31 Å². The number of rotatable bonds is 4. The van der Waals surface area contributed by atoms with Gasteiger partial charge in [-0.3, -0.25) is 19.1 Å². The number of carbonyl (C=O) groups excluding carboxylic acids is 1. The normalized spacial score (nSPS) is 22.6. The second-order valence-corrected chi connectivity index (χ2v) is 10.5. The van der Waals surface area contributed by atoms with E-state index in [4.69, 9.17) is 0 Å². The molecule has 2 aromatic rings. The van der Waals surface area contributed by atoms with E-state index in [1.165, 1.54) is 44.2 Å². The van der Waals surface area contributed by atoms with Crippen molar-refractivity contribution in [1.82, 2.24) is 23.7 Å². The van der Waals surface area contributed by atoms with Crippen LogP contribution in [0.2, 0.25) is 0 Å². The summed E-state index contributed by atoms with van der Waals surface area (Å²) in [6, 6.07) is 5.05. The van der Waals surface area contributed by atoms with E-state index in [0.29, 0.717) is 31.7 Å². The monoisotopic (exact) mass is 477 g/mol. The SMILES string of the molecule is Cc1cn([C@H]2CN(C(=O)c3ccc(S(=O)(=O)N4CCN(C)CC4)cc3)C[C@@H]2O)c(=O)[nH]c1=O. The molecule has 0 saturated carbocycles. The number of nitrogens with zero attached hydrogens (tertiary/aromatic N) is 4. The summed E-state index contributed by atoms with van der Waals surface area (Å²) in [6.45, 7) is 3.78. The Labute approximate surface area is 190 Å². The molecule has 0 unspecified atom stereocenters. The smallest absolute Gasteiger partial charge is 0.328 e. The number of aliphatic hydroxyl groups excluding tert-OH is 1. The number of aromatic amines is 1. The Morgan fingerprint density at radius 1 is 1.06 bits per heavy atom. The molecule has 0 aliphatic carbocycles. The van der Waals surface area contributed by atoms with Crippen LogP contribution >= 0.6 is 0 Å². The van der Waals surface area contributed by atoms with Gasteiger partial charge in [-0.15, -0.1) is 0 Å². The lowest BCUT2D eigenvalue weighted by Gasteiger charge is -2.31. The molecular weight excluding hydrogens is 450 g/mol. The van der Waals surface area contributed by atoms with Crippen molar-refractivity contribution in [3.8, 4) is 0 Å². The van der Waals surface area contributed by atoms with E-state index >= 15 is 0 Å². The Balaban J connectivity index is 1.49. The zero-order valence-corrected chi connectivity index (χ0v) is 19.3. The number of hydrogen-bond acceptors (Lipinski definition) is 7. The van der Waals surface area contributed by atoms with Crippen LogP contribution in [-0.2, 0) is 10.0 Å². The maximum atomic E-state index is 13.0. The molecule has 1 aromatic heterocycles. The van der Waals surface area contributed by atoms with Gasteiger partial charge in [0.05, 0.1) is 17.0 Å². The number of carbonyl (C=O) groups is 1. The van der Waals surface area contributed by atoms with Crippen LogP contribution in [0, 0.1) is 6.92 Å². The predicted molar refractivity (Wildman–Crippen MR) is 120 cm³/mol. The van der Waals surface area contributed by atoms with E-state index in [9.17, 15) is 27.9 Å². The Morgan fingerprint density at radius 3 is 2.33 bits per heavy atom. The maximum absolute atomic E-state index is 13.0. The van der Waals surface area contributed by atoms with Crippen molar-refractivity contribution in [3.63, 3.8) is 0 Å². The first-order valence-electron chi connectivity index (χ1n) is 10.7. The van der Waals surface area contributed by atoms with Crippen LogP contribution in [0.3, 0.4) is 0 Å². The number of piperazine rings is 1. The van der Waals surface area contributed by atoms with Crippen LogP contribution in [0.15, 0.2) is 44.9 Å². The summed E-state index contributed by atoms with van der Waals surface area (Å²) < 4.78 is 28.4. The van der Waals surface area contributed by atoms with Gasteiger partial charge in [0.25, 0.3) is 11.5 Å². The van der Waals surface area contributed by atoms with Gasteiger partial charge in [0, 0.05) is 56.6 Å². The van der Waals surface area contributed by atoms with E-state index in [1.54, 1.807) is 6.92 Å². The van der Waals surface area contributed by atoms with Gasteiger partial charge in [-0.25, -0.2) is 13.2 Å². The molecule has 11 nitrogen and oxygen atoms in total. The minimum absolute atomic E-state index is 0.00938. The van der Waals surface area contributed by atoms with Crippen LogP contribution in [0.5, 0.6) is 0 Å². The highest BCUT2D eigenvalue weighted by molar-refractivity contribution is 7.89. The third kappa shape index (κ3) is 4.51. The topological polar surface area (TPSA) is 136 Å². The molecule has 33 heavy (non-hydrogen) atoms. The van der Waals surface area contributed by atoms with Crippen molar-refractivity contribution >= 4 is 15.9 Å². The largest absolute Gasteiger partial charge is 0.389 e. The van der Waals surface area contributed by atoms with Crippen molar-refractivity contribution in [2.24, 2.45) is 0 Å². The summed E-state index contributed by atoms with van der Waals surface area (Å²) in [5, 5.41) is 10.5. The molecule has 2 atom stereocenters. The quantitative estimate of drug-likeness (QED) is 0.567. The summed E-state index contributed by atoms with van der Waals surface area (Å²) >= 11 is 0. The van der Waals surface area contributed by atoms with Crippen LogP contribution < -0.4 is 11.2 Å². The molecule has 1 amide bonds. The highest BCUT2D eigenvalue weighted by Gasteiger charge is 2.36. The summed E-state index contributed by atoms with van der Waals surface area (Å²) in [5.41, 5.74) is -0.542. The number of likely N-dealkylation sites (N-methyl/N-ethyl adjacent to an activating group) is 1. The van der Waals surface area contributed by atoms with Crippen molar-refractivity contribution < 1.29 is 18.3 Å². The van der Waals surface area contributed by atoms with Gasteiger partial charge in [0.15, 0.2) is 0 Å². The number of H-pyrrole nitrogens is 1. The second-order valence-electron chi connectivity index (χ2n) is 8.56. The summed E-state index contributed by atoms with van der Waals surface area (Å²) in [4.78, 5) is 42.6. The summed E-state index contributed by atoms with van der Waals surface area (Å²) in [7, 11) is -1.69. The Hall–Kier alpha value is -2.80. The van der Waals surface area contributed by atoms with Crippen LogP contribution in [0.25, 0.3) is 0 Å². The fraction of sp³-hybridized carbons (Fsp3) is 0.476. The fourth-order valence-corrected chi connectivity index (χ4v) is 5.59. The van der Waals surface area contributed by atoms with E-state index in [1.807, 2.05) is 7.05 Å². The average Bonchev–Trinajstić information content (AvgIpc) is 3.17. The number of aliphatic hydroxyl groups is 1. The molecule has 1 aromatic carbocycles. The standard InChI is InChI=1S/C21H27N5O6S/c1-14-11-26(21(30)22-19(14)28)17-12-24(13-18(17)27)20(29)15-3-5-16(6-4-15)33(31,32)25-9-7-23(2)8-10-25/h3-6,11,17-18,27H,7-10,12-13H2,1-2H3,(H,22,28,30)/t17-,18-/m0/s1. The van der Waals surface area contributed by atoms with Crippen molar-refractivity contribution in [3.05, 3.63) is 62.4 Å². The number of β-amino-alcohol motifs (C(OH)–C–C–N with tert-alkyl or cyclic N) is 1. The first-order valence-corrected chi connectivity index (χ1v) is 12.1. The fourth-order valence-electron chi connectivity index (χ4n) is 4.17. The number of sulfonamides is 1. The predicted octanol–water partition coefficient (Wildman–Crippen LogP) is -1.16. The van der Waals surface area contributed by atoms with Crippen LogP contribution in [0.4, 0.5) is 0 Å². The molecule has 2 aliphatic heterocycles. The number of likely N-dealkylation sites (tertiary alicyclic amines) is 1. The lowest BCUT2D eigenvalue weighted by Crippen LogP contribution is -2.47. The molecule has 12 heteroatoms. The first kappa shape index (κ1) is 23.4. The number of aromatic nitrogens is 2. The lowest BCUT2D eigenvalue weighted by molar-refractivity contribution is 0.0764. The van der Waals surface area contributed by atoms with E-state index in [0.717, 1.165) is 0 Å². The molecular formula is C21H27N5O6S. The van der Waals surface area contributed by atoms with E-state index < -0.39 is 33.4 Å². The summed E-state index contributed by atoms with van der Waals surface area (Å²) in [5.74, 6) is -0.380. The third-order valence-electron chi connectivity index (χ3n) is 6.25. The van der Waals surface area contributed by atoms with Gasteiger partial charge >= 0.3 is 5.69 Å². The number of benzene rings is 1. The zero-order valence-electron chi connectivity index (χ0n) is 18.5. The molecule has 2 fully saturated rings. The van der Waals surface area contributed by atoms with E-state index in [2.05, 4.69) is 9.88 Å². The average molecular weight is 478 g/mol. The minimum Gasteiger partial charge on any atom is -0.389 e. The van der Waals surface area contributed by atoms with Crippen LogP contribution in [-0.4, -0.2) is 95.5 Å². The Morgan fingerprint density at radius 2 is 1.70 bits per heavy atom. The van der Waals surface area contributed by atoms with Gasteiger partial charge < -0.3 is 14.9 Å². The van der Waals surface area contributed by atoms with Crippen LogP contribution in [0.1, 0.15) is 22.0 Å². The lowest BCUT2D eigenvalue weighted by atomic mass is 10.2. The highest BCUT2D eigenvalue weighted by atomic mass is 32.2. The number of nitrogens with one attached hydrogen (secondary N) is 1. The molecule has 0 bridgehead atoms. The summed E-state index contributed by atoms with van der Waals surface area (Å²) in [6.07, 6.45) is 0.384. The van der Waals surface area contributed by atoms with Crippen molar-refractivity contribution in [1.29, 1.82) is 0 Å². The molecule has 0 spiro atoms. The van der Waals surface area contributed by atoms with Gasteiger partial charge in [0.1, 0.15) is 0 Å². The zero-order chi connectivity index (χ0) is 23.9. The molecule has 0 radical (unpaired) electrons. The highest BCUT2D eigenvalue weighted by Crippen LogP contribution is 2.24. The van der Waals surface area contributed by atoms with Gasteiger partial charge in [-0.1, -0.05) is 0 Å². The molecule has 2 aliphatic rings. The third-order valence-corrected chi connectivity index (χ3v) is 8.16. The van der Waals surface area contributed by atoms with E-state index in [-0.39, 0.29) is 29.5 Å². The van der Waals surface area contributed by atoms with Crippen molar-refractivity contribution in [2.45, 2.75) is 24.0 Å². The van der Waals surface area contributed by atoms with Gasteiger partial charge in [0.2, 0.25) is 10.0 Å². The molecule has 3 heterocycles. The number of aryl methyl sites for hydroxylation is 1. The number of amides is 1. The number of hydrogen-bond donors (Lipinski definition) is 2. The Kier molecular flexibility index (Phi) is 6.27. The second kappa shape index (κ2) is 8.86. The Bertz CT molecular complexity index is 1260. The van der Waals surface area contributed by atoms with Gasteiger partial charge in [-0.05, 0) is 38.2 Å². The maximum Gasteiger partial charge on any atom is 0.328 e. The first-order chi connectivity index (χ1) is 15.6.